The number of carbonyl (C=O) groups excluding carboxylic acids is 1. The van der Waals surface area contributed by atoms with Gasteiger partial charge in [0.25, 0.3) is 11.5 Å². The maximum atomic E-state index is 12.9. The molecule has 2 rings (SSSR count). The van der Waals surface area contributed by atoms with Crippen molar-refractivity contribution in [2.24, 2.45) is 0 Å². The molecule has 8 heteroatoms. The highest BCUT2D eigenvalue weighted by Crippen LogP contribution is 2.16. The first-order chi connectivity index (χ1) is 8.97. The van der Waals surface area contributed by atoms with E-state index in [9.17, 15) is 18.8 Å². The highest BCUT2D eigenvalue weighted by molar-refractivity contribution is 6.03. The van der Waals surface area contributed by atoms with Gasteiger partial charge in [-0.3, -0.25) is 14.6 Å². The summed E-state index contributed by atoms with van der Waals surface area (Å²) in [5.41, 5.74) is 3.63. The van der Waals surface area contributed by atoms with Gasteiger partial charge in [-0.05, 0) is 18.2 Å². The van der Waals surface area contributed by atoms with Crippen LogP contribution >= 0.6 is 0 Å². The Labute approximate surface area is 105 Å². The Morgan fingerprint density at radius 1 is 1.32 bits per heavy atom. The fourth-order valence-corrected chi connectivity index (χ4v) is 1.40. The Kier molecular flexibility index (Phi) is 3.15. The number of benzene rings is 1. The second-order valence-electron chi connectivity index (χ2n) is 3.68. The number of hydrogen-bond donors (Lipinski definition) is 4. The number of rotatable bonds is 2. The Balaban J connectivity index is 2.28. The molecule has 0 saturated heterocycles. The SMILES string of the molecule is Nc1cc(NC(=O)c2c[nH]c(=O)[nH]c2=O)ccc1F. The van der Waals surface area contributed by atoms with Crippen molar-refractivity contribution in [2.45, 2.75) is 0 Å². The maximum Gasteiger partial charge on any atom is 0.325 e. The van der Waals surface area contributed by atoms with Crippen molar-refractivity contribution in [3.05, 3.63) is 56.6 Å². The van der Waals surface area contributed by atoms with Gasteiger partial charge in [0.2, 0.25) is 0 Å². The van der Waals surface area contributed by atoms with Crippen LogP contribution in [0.1, 0.15) is 10.4 Å². The van der Waals surface area contributed by atoms with E-state index in [0.717, 1.165) is 12.3 Å². The van der Waals surface area contributed by atoms with Crippen LogP contribution in [0.15, 0.2) is 34.0 Å². The molecule has 0 fully saturated rings. The minimum atomic E-state index is -0.823. The average Bonchev–Trinajstić information content (AvgIpc) is 2.33. The largest absolute Gasteiger partial charge is 0.396 e. The molecule has 0 aliphatic heterocycles. The summed E-state index contributed by atoms with van der Waals surface area (Å²) in [5.74, 6) is -1.36. The molecular weight excluding hydrogens is 255 g/mol. The number of aromatic amines is 2. The van der Waals surface area contributed by atoms with Gasteiger partial charge in [-0.25, -0.2) is 9.18 Å². The molecule has 1 amide bonds. The lowest BCUT2D eigenvalue weighted by atomic mass is 10.2. The molecule has 0 spiro atoms. The lowest BCUT2D eigenvalue weighted by Crippen LogP contribution is -2.29. The zero-order chi connectivity index (χ0) is 14.0. The van der Waals surface area contributed by atoms with Gasteiger partial charge in [-0.15, -0.1) is 0 Å². The molecule has 0 atom stereocenters. The van der Waals surface area contributed by atoms with E-state index in [0.29, 0.717) is 0 Å². The first kappa shape index (κ1) is 12.6. The van der Waals surface area contributed by atoms with Gasteiger partial charge < -0.3 is 16.0 Å². The van der Waals surface area contributed by atoms with Crippen molar-refractivity contribution in [2.75, 3.05) is 11.1 Å². The number of nitrogen functional groups attached to an aromatic ring is 1. The van der Waals surface area contributed by atoms with Gasteiger partial charge in [0.1, 0.15) is 11.4 Å². The minimum absolute atomic E-state index is 0.131. The quantitative estimate of drug-likeness (QED) is 0.572. The third-order valence-electron chi connectivity index (χ3n) is 2.32. The number of carbonyl (C=O) groups is 1. The lowest BCUT2D eigenvalue weighted by molar-refractivity contribution is 0.102. The molecule has 98 valence electrons. The minimum Gasteiger partial charge on any atom is -0.396 e. The van der Waals surface area contributed by atoms with Gasteiger partial charge in [0.05, 0.1) is 5.69 Å². The summed E-state index contributed by atoms with van der Waals surface area (Å²) in [4.78, 5) is 38.0. The molecule has 19 heavy (non-hydrogen) atoms. The number of halogens is 1. The zero-order valence-corrected chi connectivity index (χ0v) is 9.49. The second kappa shape index (κ2) is 4.77. The number of nitrogens with two attached hydrogens (primary N) is 1. The predicted octanol–water partition coefficient (Wildman–Crippen LogP) is 0.0368. The van der Waals surface area contributed by atoms with E-state index in [1.54, 1.807) is 0 Å². The van der Waals surface area contributed by atoms with Crippen molar-refractivity contribution in [1.82, 2.24) is 9.97 Å². The van der Waals surface area contributed by atoms with Crippen LogP contribution in [0.25, 0.3) is 0 Å². The third-order valence-corrected chi connectivity index (χ3v) is 2.32. The second-order valence-corrected chi connectivity index (χ2v) is 3.68. The number of amides is 1. The molecule has 0 aliphatic carbocycles. The Bertz CT molecular complexity index is 750. The first-order valence-corrected chi connectivity index (χ1v) is 5.16. The number of anilines is 2. The van der Waals surface area contributed by atoms with Gasteiger partial charge in [-0.2, -0.15) is 0 Å². The van der Waals surface area contributed by atoms with Gasteiger partial charge in [0, 0.05) is 11.9 Å². The van der Waals surface area contributed by atoms with E-state index in [1.165, 1.54) is 12.1 Å². The number of hydrogen-bond acceptors (Lipinski definition) is 4. The Morgan fingerprint density at radius 2 is 2.05 bits per heavy atom. The lowest BCUT2D eigenvalue weighted by Gasteiger charge is -2.05. The molecule has 2 aromatic rings. The topological polar surface area (TPSA) is 121 Å². The van der Waals surface area contributed by atoms with Crippen LogP contribution in [-0.4, -0.2) is 15.9 Å². The summed E-state index contributed by atoms with van der Waals surface area (Å²) < 4.78 is 12.9. The Hall–Kier alpha value is -2.90. The third kappa shape index (κ3) is 2.68. The molecule has 7 nitrogen and oxygen atoms in total. The molecule has 1 heterocycles. The van der Waals surface area contributed by atoms with Gasteiger partial charge in [0.15, 0.2) is 0 Å². The van der Waals surface area contributed by atoms with Gasteiger partial charge >= 0.3 is 5.69 Å². The fraction of sp³-hybridized carbons (Fsp3) is 0. The summed E-state index contributed by atoms with van der Waals surface area (Å²) in [6.45, 7) is 0. The molecule has 0 radical (unpaired) electrons. The molecule has 0 bridgehead atoms. The highest BCUT2D eigenvalue weighted by atomic mass is 19.1. The van der Waals surface area contributed by atoms with Crippen molar-refractivity contribution in [3.63, 3.8) is 0 Å². The van der Waals surface area contributed by atoms with E-state index in [4.69, 9.17) is 5.73 Å². The van der Waals surface area contributed by atoms with E-state index in [1.807, 2.05) is 4.98 Å². The smallest absolute Gasteiger partial charge is 0.325 e. The van der Waals surface area contributed by atoms with Crippen LogP contribution in [0.3, 0.4) is 0 Å². The molecule has 0 unspecified atom stereocenters. The monoisotopic (exact) mass is 264 g/mol. The molecule has 1 aromatic carbocycles. The number of aromatic nitrogens is 2. The molecular formula is C11H9FN4O3. The molecule has 0 saturated carbocycles. The highest BCUT2D eigenvalue weighted by Gasteiger charge is 2.11. The van der Waals surface area contributed by atoms with Crippen molar-refractivity contribution >= 4 is 17.3 Å². The number of H-pyrrole nitrogens is 2. The normalized spacial score (nSPS) is 10.2. The van der Waals surface area contributed by atoms with Crippen LogP contribution in [0.5, 0.6) is 0 Å². The van der Waals surface area contributed by atoms with Gasteiger partial charge in [-0.1, -0.05) is 0 Å². The first-order valence-electron chi connectivity index (χ1n) is 5.16. The zero-order valence-electron chi connectivity index (χ0n) is 9.49. The van der Waals surface area contributed by atoms with E-state index in [2.05, 4.69) is 10.3 Å². The summed E-state index contributed by atoms with van der Waals surface area (Å²) in [6, 6.07) is 3.60. The average molecular weight is 264 g/mol. The standard InChI is InChI=1S/C11H9FN4O3/c12-7-2-1-5(3-8(7)13)15-9(17)6-4-14-11(19)16-10(6)18/h1-4H,13H2,(H,15,17)(H2,14,16,18,19). The number of nitrogens with one attached hydrogen (secondary N) is 3. The summed E-state index contributed by atoms with van der Waals surface area (Å²) in [6.07, 6.45) is 0.989. The van der Waals surface area contributed by atoms with Crippen LogP contribution in [0, 0.1) is 5.82 Å². The van der Waals surface area contributed by atoms with Crippen LogP contribution in [0.4, 0.5) is 15.8 Å². The van der Waals surface area contributed by atoms with Crippen LogP contribution in [-0.2, 0) is 0 Å². The van der Waals surface area contributed by atoms with Crippen molar-refractivity contribution < 1.29 is 9.18 Å². The van der Waals surface area contributed by atoms with Crippen LogP contribution in [0.2, 0.25) is 0 Å². The van der Waals surface area contributed by atoms with Crippen LogP contribution < -0.4 is 22.3 Å². The molecule has 1 aromatic heterocycles. The molecule has 0 aliphatic rings. The van der Waals surface area contributed by atoms with Crippen molar-refractivity contribution in [1.29, 1.82) is 0 Å². The van der Waals surface area contributed by atoms with E-state index in [-0.39, 0.29) is 16.9 Å². The van der Waals surface area contributed by atoms with E-state index >= 15 is 0 Å². The Morgan fingerprint density at radius 3 is 2.68 bits per heavy atom. The van der Waals surface area contributed by atoms with E-state index < -0.39 is 23.0 Å². The summed E-state index contributed by atoms with van der Waals surface area (Å²) in [7, 11) is 0. The summed E-state index contributed by atoms with van der Waals surface area (Å²) >= 11 is 0. The molecule has 5 N–H and O–H groups in total. The fourth-order valence-electron chi connectivity index (χ4n) is 1.40. The predicted molar refractivity (Wildman–Crippen MR) is 66.4 cm³/mol. The maximum absolute atomic E-state index is 12.9. The summed E-state index contributed by atoms with van der Waals surface area (Å²) in [5, 5.41) is 2.36. The van der Waals surface area contributed by atoms with Crippen molar-refractivity contribution in [3.8, 4) is 0 Å².